The van der Waals surface area contributed by atoms with Gasteiger partial charge in [-0.3, -0.25) is 0 Å². The zero-order chi connectivity index (χ0) is 13.9. The monoisotopic (exact) mass is 268 g/mol. The zero-order valence-corrected chi connectivity index (χ0v) is 11.3. The van der Waals surface area contributed by atoms with Gasteiger partial charge in [0.05, 0.1) is 7.11 Å². The molecule has 0 bridgehead atoms. The van der Waals surface area contributed by atoms with Crippen LogP contribution in [0.3, 0.4) is 0 Å². The number of hydrogen-bond acceptors (Lipinski definition) is 4. The fraction of sp³-hybridized carbons (Fsp3) is 0.200. The third-order valence-corrected chi connectivity index (χ3v) is 3.20. The molecule has 0 spiro atoms. The van der Waals surface area contributed by atoms with Gasteiger partial charge < -0.3 is 15.0 Å². The van der Waals surface area contributed by atoms with Crippen LogP contribution < -0.4 is 10.5 Å². The standard InChI is InChI=1S/C15H16N4O/c1-20-12-6-4-11(5-7-12)14-18-13-3-2-9-17-15(13)19(14)10-8-16/h2-7,9H,8,10,16H2,1H3. The number of pyridine rings is 1. The minimum Gasteiger partial charge on any atom is -0.497 e. The molecule has 3 aromatic rings. The number of methoxy groups -OCH3 is 1. The van der Waals surface area contributed by atoms with Crippen molar-refractivity contribution in [3.05, 3.63) is 42.6 Å². The van der Waals surface area contributed by atoms with Crippen molar-refractivity contribution in [2.75, 3.05) is 13.7 Å². The molecule has 0 unspecified atom stereocenters. The Morgan fingerprint density at radius 3 is 2.70 bits per heavy atom. The first-order valence-electron chi connectivity index (χ1n) is 6.49. The Labute approximate surface area is 117 Å². The van der Waals surface area contributed by atoms with Crippen LogP contribution in [-0.2, 0) is 6.54 Å². The van der Waals surface area contributed by atoms with Crippen LogP contribution in [0.4, 0.5) is 0 Å². The van der Waals surface area contributed by atoms with Crippen molar-refractivity contribution in [3.63, 3.8) is 0 Å². The van der Waals surface area contributed by atoms with E-state index in [1.807, 2.05) is 36.4 Å². The van der Waals surface area contributed by atoms with Crippen LogP contribution >= 0.6 is 0 Å². The van der Waals surface area contributed by atoms with E-state index in [-0.39, 0.29) is 0 Å². The molecule has 0 atom stereocenters. The minimum absolute atomic E-state index is 0.547. The number of nitrogens with two attached hydrogens (primary N) is 1. The van der Waals surface area contributed by atoms with Gasteiger partial charge in [-0.05, 0) is 36.4 Å². The number of benzene rings is 1. The van der Waals surface area contributed by atoms with Gasteiger partial charge in [-0.15, -0.1) is 0 Å². The number of nitrogens with zero attached hydrogens (tertiary/aromatic N) is 3. The maximum absolute atomic E-state index is 5.71. The number of ether oxygens (including phenoxy) is 1. The third-order valence-electron chi connectivity index (χ3n) is 3.20. The third kappa shape index (κ3) is 2.12. The quantitative estimate of drug-likeness (QED) is 0.786. The van der Waals surface area contributed by atoms with Crippen molar-refractivity contribution in [3.8, 4) is 17.1 Å². The molecule has 0 saturated heterocycles. The van der Waals surface area contributed by atoms with Gasteiger partial charge in [0.15, 0.2) is 5.65 Å². The summed E-state index contributed by atoms with van der Waals surface area (Å²) in [5.41, 5.74) is 8.48. The van der Waals surface area contributed by atoms with Gasteiger partial charge in [0.1, 0.15) is 17.1 Å². The average Bonchev–Trinajstić information content (AvgIpc) is 2.87. The predicted molar refractivity (Wildman–Crippen MR) is 78.6 cm³/mol. The van der Waals surface area contributed by atoms with E-state index in [0.717, 1.165) is 28.3 Å². The molecule has 2 heterocycles. The van der Waals surface area contributed by atoms with E-state index < -0.39 is 0 Å². The Morgan fingerprint density at radius 2 is 2.00 bits per heavy atom. The first-order chi connectivity index (χ1) is 9.83. The van der Waals surface area contributed by atoms with Crippen molar-refractivity contribution in [2.24, 2.45) is 5.73 Å². The molecule has 0 aliphatic heterocycles. The summed E-state index contributed by atoms with van der Waals surface area (Å²) in [6, 6.07) is 11.7. The van der Waals surface area contributed by atoms with Crippen LogP contribution in [0.1, 0.15) is 0 Å². The molecule has 1 aromatic carbocycles. The van der Waals surface area contributed by atoms with Crippen LogP contribution in [-0.4, -0.2) is 28.2 Å². The topological polar surface area (TPSA) is 66.0 Å². The minimum atomic E-state index is 0.547. The second-order valence-corrected chi connectivity index (χ2v) is 4.45. The Kier molecular flexibility index (Phi) is 3.35. The fourth-order valence-electron chi connectivity index (χ4n) is 2.26. The van der Waals surface area contributed by atoms with Crippen molar-refractivity contribution in [2.45, 2.75) is 6.54 Å². The number of imidazole rings is 1. The lowest BCUT2D eigenvalue weighted by Gasteiger charge is -2.07. The summed E-state index contributed by atoms with van der Waals surface area (Å²) in [4.78, 5) is 9.06. The Bertz CT molecular complexity index is 718. The second-order valence-electron chi connectivity index (χ2n) is 4.45. The molecule has 2 aromatic heterocycles. The maximum Gasteiger partial charge on any atom is 0.160 e. The first-order valence-corrected chi connectivity index (χ1v) is 6.49. The normalized spacial score (nSPS) is 10.9. The van der Waals surface area contributed by atoms with Gasteiger partial charge in [-0.2, -0.15) is 0 Å². The SMILES string of the molecule is COc1ccc(-c2nc3cccnc3n2CCN)cc1. The molecule has 0 radical (unpaired) electrons. The molecule has 0 amide bonds. The maximum atomic E-state index is 5.71. The molecule has 0 fully saturated rings. The van der Waals surface area contributed by atoms with E-state index in [1.54, 1.807) is 13.3 Å². The fourth-order valence-corrected chi connectivity index (χ4v) is 2.26. The Morgan fingerprint density at radius 1 is 1.20 bits per heavy atom. The van der Waals surface area contributed by atoms with Crippen LogP contribution in [0.2, 0.25) is 0 Å². The molecule has 5 nitrogen and oxygen atoms in total. The van der Waals surface area contributed by atoms with Crippen molar-refractivity contribution >= 4 is 11.2 Å². The summed E-state index contributed by atoms with van der Waals surface area (Å²) in [5, 5.41) is 0. The Balaban J connectivity index is 2.15. The second kappa shape index (κ2) is 5.30. The van der Waals surface area contributed by atoms with Gasteiger partial charge in [0.2, 0.25) is 0 Å². The largest absolute Gasteiger partial charge is 0.497 e. The smallest absolute Gasteiger partial charge is 0.160 e. The van der Waals surface area contributed by atoms with Gasteiger partial charge in [0.25, 0.3) is 0 Å². The van der Waals surface area contributed by atoms with Crippen LogP contribution in [0.5, 0.6) is 5.75 Å². The lowest BCUT2D eigenvalue weighted by atomic mass is 10.2. The van der Waals surface area contributed by atoms with E-state index in [1.165, 1.54) is 0 Å². The highest BCUT2D eigenvalue weighted by atomic mass is 16.5. The lowest BCUT2D eigenvalue weighted by molar-refractivity contribution is 0.415. The van der Waals surface area contributed by atoms with E-state index in [2.05, 4.69) is 14.5 Å². The summed E-state index contributed by atoms with van der Waals surface area (Å²) in [6.45, 7) is 1.24. The molecule has 102 valence electrons. The van der Waals surface area contributed by atoms with E-state index >= 15 is 0 Å². The highest BCUT2D eigenvalue weighted by Crippen LogP contribution is 2.25. The van der Waals surface area contributed by atoms with Gasteiger partial charge in [-0.1, -0.05) is 0 Å². The number of hydrogen-bond donors (Lipinski definition) is 1. The summed E-state index contributed by atoms with van der Waals surface area (Å²) in [7, 11) is 1.66. The predicted octanol–water partition coefficient (Wildman–Crippen LogP) is 2.07. The number of rotatable bonds is 4. The molecular weight excluding hydrogens is 252 g/mol. The van der Waals surface area contributed by atoms with Crippen LogP contribution in [0, 0.1) is 0 Å². The summed E-state index contributed by atoms with van der Waals surface area (Å²) in [6.07, 6.45) is 1.77. The Hall–Kier alpha value is -2.40. The van der Waals surface area contributed by atoms with Crippen molar-refractivity contribution in [1.82, 2.24) is 14.5 Å². The molecule has 0 aliphatic carbocycles. The van der Waals surface area contributed by atoms with Crippen molar-refractivity contribution < 1.29 is 4.74 Å². The van der Waals surface area contributed by atoms with Gasteiger partial charge in [-0.25, -0.2) is 9.97 Å². The van der Waals surface area contributed by atoms with Crippen LogP contribution in [0.15, 0.2) is 42.6 Å². The number of aromatic nitrogens is 3. The molecule has 5 heteroatoms. The molecule has 0 aliphatic rings. The van der Waals surface area contributed by atoms with E-state index in [4.69, 9.17) is 10.5 Å². The molecule has 0 saturated carbocycles. The molecule has 3 rings (SSSR count). The summed E-state index contributed by atoms with van der Waals surface area (Å²) in [5.74, 6) is 1.71. The van der Waals surface area contributed by atoms with Gasteiger partial charge in [0, 0.05) is 24.8 Å². The molecule has 2 N–H and O–H groups in total. The first kappa shape index (κ1) is 12.6. The van der Waals surface area contributed by atoms with E-state index in [9.17, 15) is 0 Å². The summed E-state index contributed by atoms with van der Waals surface area (Å²) >= 11 is 0. The average molecular weight is 268 g/mol. The summed E-state index contributed by atoms with van der Waals surface area (Å²) < 4.78 is 7.23. The molecular formula is C15H16N4O. The van der Waals surface area contributed by atoms with Crippen LogP contribution in [0.25, 0.3) is 22.6 Å². The highest BCUT2D eigenvalue weighted by molar-refractivity contribution is 5.77. The highest BCUT2D eigenvalue weighted by Gasteiger charge is 2.12. The van der Waals surface area contributed by atoms with Crippen molar-refractivity contribution in [1.29, 1.82) is 0 Å². The zero-order valence-electron chi connectivity index (χ0n) is 11.3. The molecule has 20 heavy (non-hydrogen) atoms. The lowest BCUT2D eigenvalue weighted by Crippen LogP contribution is -2.11. The van der Waals surface area contributed by atoms with Gasteiger partial charge >= 0.3 is 0 Å². The van der Waals surface area contributed by atoms with E-state index in [0.29, 0.717) is 13.1 Å². The number of fused-ring (bicyclic) bond motifs is 1.